The van der Waals surface area contributed by atoms with Crippen molar-refractivity contribution in [3.8, 4) is 0 Å². The van der Waals surface area contributed by atoms with E-state index in [4.69, 9.17) is 4.11 Å². The molecular weight excluding hydrogens is 246 g/mol. The summed E-state index contributed by atoms with van der Waals surface area (Å²) in [5.41, 5.74) is 0.613. The van der Waals surface area contributed by atoms with Crippen LogP contribution in [0.3, 0.4) is 0 Å². The maximum absolute atomic E-state index is 11.7. The SMILES string of the molecule is [2H]C([2H])([2H])NC(=O)c1ccc(NC2N=NC(C)=CC2=O)nc1. The number of azo groups is 1. The number of rotatable bonds is 3. The summed E-state index contributed by atoms with van der Waals surface area (Å²) in [5, 5.41) is 12.2. The number of nitrogens with zero attached hydrogens (tertiary/aromatic N) is 3. The largest absolute Gasteiger partial charge is 0.355 e. The molecule has 1 amide bonds. The zero-order valence-corrected chi connectivity index (χ0v) is 10.0. The van der Waals surface area contributed by atoms with Gasteiger partial charge >= 0.3 is 0 Å². The van der Waals surface area contributed by atoms with Crippen LogP contribution < -0.4 is 10.6 Å². The molecule has 7 heteroatoms. The van der Waals surface area contributed by atoms with E-state index in [1.54, 1.807) is 6.92 Å². The van der Waals surface area contributed by atoms with Gasteiger partial charge in [0.2, 0.25) is 11.9 Å². The molecule has 7 nitrogen and oxygen atoms in total. The van der Waals surface area contributed by atoms with Gasteiger partial charge in [0.15, 0.2) is 0 Å². The Morgan fingerprint density at radius 1 is 1.47 bits per heavy atom. The van der Waals surface area contributed by atoms with Crippen LogP contribution in [-0.2, 0) is 4.79 Å². The van der Waals surface area contributed by atoms with Crippen LogP contribution in [0.4, 0.5) is 5.82 Å². The van der Waals surface area contributed by atoms with Gasteiger partial charge in [-0.05, 0) is 19.1 Å². The summed E-state index contributed by atoms with van der Waals surface area (Å²) in [7, 11) is 0. The Hall–Kier alpha value is -2.57. The first-order valence-electron chi connectivity index (χ1n) is 6.93. The molecule has 98 valence electrons. The van der Waals surface area contributed by atoms with Gasteiger partial charge in [-0.2, -0.15) is 10.2 Å². The zero-order chi connectivity index (χ0) is 16.3. The standard InChI is InChI=1S/C12H13N5O2/c1-7-5-9(18)11(17-16-7)15-10-4-3-8(6-14-10)12(19)13-2/h3-6,11H,1-2H3,(H,13,19)(H,14,15)/i2D3. The predicted octanol–water partition coefficient (Wildman–Crippen LogP) is 1.12. The number of anilines is 1. The number of aromatic nitrogens is 1. The van der Waals surface area contributed by atoms with Crippen molar-refractivity contribution < 1.29 is 13.7 Å². The second-order valence-corrected chi connectivity index (χ2v) is 3.84. The van der Waals surface area contributed by atoms with Gasteiger partial charge in [-0.1, -0.05) is 0 Å². The maximum atomic E-state index is 11.7. The molecule has 0 spiro atoms. The van der Waals surface area contributed by atoms with E-state index < -0.39 is 19.0 Å². The summed E-state index contributed by atoms with van der Waals surface area (Å²) < 4.78 is 20.9. The third kappa shape index (κ3) is 3.01. The fraction of sp³-hybridized carbons (Fsp3) is 0.250. The molecule has 1 aliphatic rings. The van der Waals surface area contributed by atoms with E-state index in [2.05, 4.69) is 20.5 Å². The second-order valence-electron chi connectivity index (χ2n) is 3.84. The summed E-state index contributed by atoms with van der Waals surface area (Å²) in [6.07, 6.45) is 1.70. The normalized spacial score (nSPS) is 20.9. The van der Waals surface area contributed by atoms with Crippen LogP contribution in [0.1, 0.15) is 21.4 Å². The predicted molar refractivity (Wildman–Crippen MR) is 68.7 cm³/mol. The lowest BCUT2D eigenvalue weighted by molar-refractivity contribution is -0.115. The Bertz CT molecular complexity index is 652. The Labute approximate surface area is 114 Å². The highest BCUT2D eigenvalue weighted by atomic mass is 16.1. The van der Waals surface area contributed by atoms with E-state index in [9.17, 15) is 9.59 Å². The van der Waals surface area contributed by atoms with E-state index in [0.717, 1.165) is 0 Å². The van der Waals surface area contributed by atoms with Crippen LogP contribution in [-0.4, -0.2) is 29.8 Å². The highest BCUT2D eigenvalue weighted by molar-refractivity contribution is 5.97. The minimum Gasteiger partial charge on any atom is -0.355 e. The van der Waals surface area contributed by atoms with Crippen LogP contribution in [0.5, 0.6) is 0 Å². The number of amides is 1. The van der Waals surface area contributed by atoms with Gasteiger partial charge in [-0.3, -0.25) is 9.59 Å². The smallest absolute Gasteiger partial charge is 0.252 e. The molecule has 1 aromatic heterocycles. The first kappa shape index (κ1) is 9.37. The zero-order valence-electron chi connectivity index (χ0n) is 13.0. The highest BCUT2D eigenvalue weighted by Crippen LogP contribution is 2.13. The lowest BCUT2D eigenvalue weighted by Gasteiger charge is -2.14. The summed E-state index contributed by atoms with van der Waals surface area (Å²) in [6, 6.07) is 2.84. The van der Waals surface area contributed by atoms with Crippen molar-refractivity contribution in [1.29, 1.82) is 0 Å². The molecule has 1 atom stereocenters. The second kappa shape index (κ2) is 5.38. The summed E-state index contributed by atoms with van der Waals surface area (Å²) in [5.74, 6) is -0.694. The highest BCUT2D eigenvalue weighted by Gasteiger charge is 2.19. The van der Waals surface area contributed by atoms with Gasteiger partial charge in [-0.15, -0.1) is 0 Å². The van der Waals surface area contributed by atoms with Gasteiger partial charge in [0.25, 0.3) is 5.91 Å². The van der Waals surface area contributed by atoms with Crippen molar-refractivity contribution >= 4 is 17.5 Å². The lowest BCUT2D eigenvalue weighted by Crippen LogP contribution is -2.28. The minimum atomic E-state index is -2.56. The minimum absolute atomic E-state index is 0.0917. The van der Waals surface area contributed by atoms with Crippen LogP contribution in [0.25, 0.3) is 0 Å². The van der Waals surface area contributed by atoms with Crippen LogP contribution in [0.15, 0.2) is 40.3 Å². The molecule has 1 aromatic rings. The van der Waals surface area contributed by atoms with Crippen molar-refractivity contribution in [2.75, 3.05) is 12.3 Å². The number of hydrogen-bond donors (Lipinski definition) is 2. The average molecular weight is 262 g/mol. The van der Waals surface area contributed by atoms with Gasteiger partial charge in [-0.25, -0.2) is 4.98 Å². The Morgan fingerprint density at radius 3 is 2.95 bits per heavy atom. The summed E-state index contributed by atoms with van der Waals surface area (Å²) in [6.45, 7) is -0.901. The van der Waals surface area contributed by atoms with E-state index in [1.165, 1.54) is 24.4 Å². The third-order valence-corrected chi connectivity index (χ3v) is 2.38. The number of pyridine rings is 1. The number of carbonyl (C=O) groups is 2. The quantitative estimate of drug-likeness (QED) is 0.853. The third-order valence-electron chi connectivity index (χ3n) is 2.38. The molecule has 2 rings (SSSR count). The van der Waals surface area contributed by atoms with Crippen molar-refractivity contribution in [3.63, 3.8) is 0 Å². The van der Waals surface area contributed by atoms with Crippen molar-refractivity contribution in [2.24, 2.45) is 10.2 Å². The number of carbonyl (C=O) groups excluding carboxylic acids is 2. The number of allylic oxidation sites excluding steroid dienone is 1. The molecule has 0 saturated heterocycles. The van der Waals surface area contributed by atoms with Gasteiger partial charge in [0, 0.05) is 23.4 Å². The van der Waals surface area contributed by atoms with E-state index in [0.29, 0.717) is 11.5 Å². The molecule has 0 radical (unpaired) electrons. The Kier molecular flexibility index (Phi) is 2.66. The summed E-state index contributed by atoms with van der Waals surface area (Å²) >= 11 is 0. The molecule has 1 aliphatic heterocycles. The molecular formula is C12H13N5O2. The molecule has 2 N–H and O–H groups in total. The molecule has 0 bridgehead atoms. The maximum Gasteiger partial charge on any atom is 0.252 e. The van der Waals surface area contributed by atoms with Crippen LogP contribution in [0, 0.1) is 0 Å². The van der Waals surface area contributed by atoms with Crippen molar-refractivity contribution in [1.82, 2.24) is 10.3 Å². The first-order chi connectivity index (χ1) is 10.2. The van der Waals surface area contributed by atoms with Crippen LogP contribution in [0.2, 0.25) is 0 Å². The Balaban J connectivity index is 2.02. The van der Waals surface area contributed by atoms with Crippen molar-refractivity contribution in [2.45, 2.75) is 13.1 Å². The average Bonchev–Trinajstić information content (AvgIpc) is 2.41. The van der Waals surface area contributed by atoms with E-state index >= 15 is 0 Å². The number of ketones is 1. The topological polar surface area (TPSA) is 95.8 Å². The number of nitrogens with one attached hydrogen (secondary N) is 2. The molecule has 0 aliphatic carbocycles. The molecule has 0 saturated carbocycles. The van der Waals surface area contributed by atoms with E-state index in [-0.39, 0.29) is 11.3 Å². The van der Waals surface area contributed by atoms with Gasteiger partial charge in [0.1, 0.15) is 5.82 Å². The summed E-state index contributed by atoms with van der Waals surface area (Å²) in [4.78, 5) is 27.3. The molecule has 2 heterocycles. The molecule has 19 heavy (non-hydrogen) atoms. The fourth-order valence-electron chi connectivity index (χ4n) is 1.45. The Morgan fingerprint density at radius 2 is 2.32 bits per heavy atom. The number of hydrogen-bond acceptors (Lipinski definition) is 6. The molecule has 0 aromatic carbocycles. The monoisotopic (exact) mass is 262 g/mol. The van der Waals surface area contributed by atoms with Gasteiger partial charge in [0.05, 0.1) is 11.3 Å². The van der Waals surface area contributed by atoms with Gasteiger partial charge < -0.3 is 10.6 Å². The lowest BCUT2D eigenvalue weighted by atomic mass is 10.2. The van der Waals surface area contributed by atoms with Crippen molar-refractivity contribution in [3.05, 3.63) is 35.7 Å². The first-order valence-corrected chi connectivity index (χ1v) is 5.43. The fourth-order valence-corrected chi connectivity index (χ4v) is 1.45. The molecule has 1 unspecified atom stereocenters. The van der Waals surface area contributed by atoms with E-state index in [1.807, 2.05) is 5.32 Å². The molecule has 0 fully saturated rings. The van der Waals surface area contributed by atoms with Crippen LogP contribution >= 0.6 is 0 Å².